The molecule has 0 amide bonds. The van der Waals surface area contributed by atoms with Gasteiger partial charge in [0.1, 0.15) is 0 Å². The Morgan fingerprint density at radius 3 is 2.68 bits per heavy atom. The first-order valence-electron chi connectivity index (χ1n) is 10.1. The molecule has 2 unspecified atom stereocenters. The molecule has 144 valence electrons. The molecule has 3 saturated heterocycles. The number of nitrogens with one attached hydrogen (secondary N) is 1. The number of piperidine rings is 2. The van der Waals surface area contributed by atoms with Gasteiger partial charge < -0.3 is 24.6 Å². The molecule has 3 rings (SSSR count). The number of hydrogen-bond donors (Lipinski definition) is 1. The molecule has 0 saturated carbocycles. The van der Waals surface area contributed by atoms with Gasteiger partial charge in [0.15, 0.2) is 5.96 Å². The topological polar surface area (TPSA) is 49.3 Å². The normalized spacial score (nSPS) is 30.0. The third-order valence-corrected chi connectivity index (χ3v) is 5.77. The summed E-state index contributed by atoms with van der Waals surface area (Å²) in [7, 11) is 4.12. The molecule has 1 N–H and O–H groups in total. The summed E-state index contributed by atoms with van der Waals surface area (Å²) in [5, 5.41) is 3.61. The van der Waals surface area contributed by atoms with Crippen LogP contribution in [-0.4, -0.2) is 88.0 Å². The molecule has 3 aliphatic heterocycles. The van der Waals surface area contributed by atoms with Gasteiger partial charge in [-0.25, -0.2) is 0 Å². The van der Waals surface area contributed by atoms with Crippen LogP contribution in [0.5, 0.6) is 0 Å². The van der Waals surface area contributed by atoms with Gasteiger partial charge in [-0.15, -0.1) is 0 Å². The van der Waals surface area contributed by atoms with E-state index >= 15 is 0 Å². The van der Waals surface area contributed by atoms with Crippen LogP contribution in [0.15, 0.2) is 4.99 Å². The highest BCUT2D eigenvalue weighted by Crippen LogP contribution is 2.18. The van der Waals surface area contributed by atoms with E-state index in [0.29, 0.717) is 12.2 Å². The summed E-state index contributed by atoms with van der Waals surface area (Å²) in [6, 6.07) is 0. The number of likely N-dealkylation sites (tertiary alicyclic amines) is 2. The fraction of sp³-hybridized carbons (Fsp3) is 0.947. The zero-order valence-electron chi connectivity index (χ0n) is 16.1. The molecular formula is C19H36N4O2. The maximum atomic E-state index is 6.08. The minimum absolute atomic E-state index is 0.334. The fourth-order valence-electron chi connectivity index (χ4n) is 4.26. The standard InChI is InChI=1S/C19H36N4O2/c1-20-19(21-13-16-5-3-9-22(2)14-16)23-10-7-17(8-11-23)25-15-18-6-4-12-24-18/h16-18H,3-15H2,1-2H3,(H,20,21). The number of aliphatic imine (C=N–C) groups is 1. The third-order valence-electron chi connectivity index (χ3n) is 5.77. The van der Waals surface area contributed by atoms with Gasteiger partial charge in [-0.3, -0.25) is 4.99 Å². The second kappa shape index (κ2) is 9.74. The van der Waals surface area contributed by atoms with E-state index in [4.69, 9.17) is 9.47 Å². The van der Waals surface area contributed by atoms with Crippen LogP contribution in [0.4, 0.5) is 0 Å². The van der Waals surface area contributed by atoms with Crippen molar-refractivity contribution in [3.05, 3.63) is 0 Å². The van der Waals surface area contributed by atoms with Crippen molar-refractivity contribution in [1.29, 1.82) is 0 Å². The van der Waals surface area contributed by atoms with Crippen LogP contribution in [0.2, 0.25) is 0 Å². The lowest BCUT2D eigenvalue weighted by Gasteiger charge is -2.36. The molecule has 3 aliphatic rings. The molecule has 0 aliphatic carbocycles. The molecule has 0 aromatic rings. The van der Waals surface area contributed by atoms with Gasteiger partial charge >= 0.3 is 0 Å². The van der Waals surface area contributed by atoms with Crippen LogP contribution in [0.1, 0.15) is 38.5 Å². The van der Waals surface area contributed by atoms with Gasteiger partial charge in [0.2, 0.25) is 0 Å². The van der Waals surface area contributed by atoms with Gasteiger partial charge in [0.25, 0.3) is 0 Å². The number of hydrogen-bond acceptors (Lipinski definition) is 4. The van der Waals surface area contributed by atoms with Crippen molar-refractivity contribution in [2.24, 2.45) is 10.9 Å². The van der Waals surface area contributed by atoms with Gasteiger partial charge in [0, 0.05) is 39.8 Å². The van der Waals surface area contributed by atoms with Gasteiger partial charge in [-0.2, -0.15) is 0 Å². The number of nitrogens with zero attached hydrogens (tertiary/aromatic N) is 3. The summed E-state index contributed by atoms with van der Waals surface area (Å²) < 4.78 is 11.7. The minimum Gasteiger partial charge on any atom is -0.376 e. The zero-order chi connectivity index (χ0) is 17.5. The lowest BCUT2D eigenvalue weighted by molar-refractivity contribution is -0.0367. The Morgan fingerprint density at radius 2 is 2.00 bits per heavy atom. The van der Waals surface area contributed by atoms with Crippen molar-refractivity contribution in [3.8, 4) is 0 Å². The van der Waals surface area contributed by atoms with E-state index in [1.54, 1.807) is 0 Å². The number of rotatable bonds is 5. The van der Waals surface area contributed by atoms with E-state index in [0.717, 1.165) is 64.0 Å². The Hall–Kier alpha value is -0.850. The second-order valence-corrected chi connectivity index (χ2v) is 7.85. The lowest BCUT2D eigenvalue weighted by Crippen LogP contribution is -2.49. The predicted octanol–water partition coefficient (Wildman–Crippen LogP) is 1.56. The summed E-state index contributed by atoms with van der Waals surface area (Å²) in [5.74, 6) is 1.80. The molecule has 0 aromatic carbocycles. The molecule has 2 atom stereocenters. The quantitative estimate of drug-likeness (QED) is 0.601. The first-order chi connectivity index (χ1) is 12.2. The van der Waals surface area contributed by atoms with Crippen LogP contribution in [-0.2, 0) is 9.47 Å². The van der Waals surface area contributed by atoms with Crippen molar-refractivity contribution in [3.63, 3.8) is 0 Å². The van der Waals surface area contributed by atoms with Gasteiger partial charge in [-0.05, 0) is 58.0 Å². The Balaban J connectivity index is 1.35. The summed E-state index contributed by atoms with van der Waals surface area (Å²) in [4.78, 5) is 9.33. The molecule has 3 fully saturated rings. The molecule has 6 heteroatoms. The van der Waals surface area contributed by atoms with Crippen LogP contribution in [0.3, 0.4) is 0 Å². The molecule has 25 heavy (non-hydrogen) atoms. The van der Waals surface area contributed by atoms with Crippen molar-refractivity contribution < 1.29 is 9.47 Å². The maximum Gasteiger partial charge on any atom is 0.193 e. The van der Waals surface area contributed by atoms with E-state index in [9.17, 15) is 0 Å². The number of guanidine groups is 1. The summed E-state index contributed by atoms with van der Waals surface area (Å²) >= 11 is 0. The largest absolute Gasteiger partial charge is 0.376 e. The Bertz CT molecular complexity index is 418. The highest BCUT2D eigenvalue weighted by Gasteiger charge is 2.25. The van der Waals surface area contributed by atoms with Crippen LogP contribution >= 0.6 is 0 Å². The van der Waals surface area contributed by atoms with E-state index in [-0.39, 0.29) is 0 Å². The van der Waals surface area contributed by atoms with Crippen LogP contribution in [0, 0.1) is 5.92 Å². The Kier molecular flexibility index (Phi) is 7.37. The molecular weight excluding hydrogens is 316 g/mol. The first-order valence-corrected chi connectivity index (χ1v) is 10.1. The van der Waals surface area contributed by atoms with Crippen molar-refractivity contribution in [2.45, 2.75) is 50.7 Å². The van der Waals surface area contributed by atoms with E-state index in [1.807, 2.05) is 7.05 Å². The SMILES string of the molecule is CN=C(NCC1CCCN(C)C1)N1CCC(OCC2CCCO2)CC1. The van der Waals surface area contributed by atoms with Crippen molar-refractivity contribution in [1.82, 2.24) is 15.1 Å². The monoisotopic (exact) mass is 352 g/mol. The van der Waals surface area contributed by atoms with Gasteiger partial charge in [0.05, 0.1) is 18.8 Å². The second-order valence-electron chi connectivity index (χ2n) is 7.85. The molecule has 6 nitrogen and oxygen atoms in total. The van der Waals surface area contributed by atoms with Crippen LogP contribution in [0.25, 0.3) is 0 Å². The fourth-order valence-corrected chi connectivity index (χ4v) is 4.26. The average molecular weight is 353 g/mol. The minimum atomic E-state index is 0.334. The molecule has 0 radical (unpaired) electrons. The highest BCUT2D eigenvalue weighted by molar-refractivity contribution is 5.79. The average Bonchev–Trinajstić information content (AvgIpc) is 3.15. The van der Waals surface area contributed by atoms with E-state index < -0.39 is 0 Å². The summed E-state index contributed by atoms with van der Waals surface area (Å²) in [6.07, 6.45) is 7.87. The van der Waals surface area contributed by atoms with Crippen LogP contribution < -0.4 is 5.32 Å². The predicted molar refractivity (Wildman–Crippen MR) is 101 cm³/mol. The van der Waals surface area contributed by atoms with Crippen molar-refractivity contribution >= 4 is 5.96 Å². The number of ether oxygens (including phenoxy) is 2. The Morgan fingerprint density at radius 1 is 1.16 bits per heavy atom. The van der Waals surface area contributed by atoms with E-state index in [1.165, 1.54) is 32.4 Å². The summed E-state index contributed by atoms with van der Waals surface area (Å²) in [6.45, 7) is 7.21. The third kappa shape index (κ3) is 5.83. The van der Waals surface area contributed by atoms with Crippen molar-refractivity contribution in [2.75, 3.05) is 60.0 Å². The maximum absolute atomic E-state index is 6.08. The smallest absolute Gasteiger partial charge is 0.193 e. The molecule has 0 spiro atoms. The molecule has 3 heterocycles. The highest BCUT2D eigenvalue weighted by atomic mass is 16.5. The first kappa shape index (κ1) is 18.9. The molecule has 0 aromatic heterocycles. The molecule has 0 bridgehead atoms. The van der Waals surface area contributed by atoms with Gasteiger partial charge in [-0.1, -0.05) is 0 Å². The Labute approximate surface area is 152 Å². The van der Waals surface area contributed by atoms with E-state index in [2.05, 4.69) is 27.2 Å². The zero-order valence-corrected chi connectivity index (χ0v) is 16.1. The lowest BCUT2D eigenvalue weighted by atomic mass is 9.98. The summed E-state index contributed by atoms with van der Waals surface area (Å²) in [5.41, 5.74) is 0.